The second-order valence-corrected chi connectivity index (χ2v) is 12.5. The summed E-state index contributed by atoms with van der Waals surface area (Å²) in [5.41, 5.74) is 0.909. The van der Waals surface area contributed by atoms with E-state index in [-0.39, 0.29) is 22.8 Å². The molecule has 0 unspecified atom stereocenters. The van der Waals surface area contributed by atoms with E-state index in [1.54, 1.807) is 13.2 Å². The van der Waals surface area contributed by atoms with Crippen LogP contribution in [-0.4, -0.2) is 20.5 Å². The Bertz CT molecular complexity index is 532. The first-order valence-corrected chi connectivity index (χ1v) is 11.1. The molecule has 0 aromatic heterocycles. The molecule has 0 fully saturated rings. The van der Waals surface area contributed by atoms with E-state index < -0.39 is 8.32 Å². The van der Waals surface area contributed by atoms with Crippen molar-refractivity contribution in [1.29, 1.82) is 0 Å². The van der Waals surface area contributed by atoms with Crippen LogP contribution in [0.3, 0.4) is 0 Å². The minimum atomic E-state index is -1.97. The Balaban J connectivity index is 3.32. The van der Waals surface area contributed by atoms with Gasteiger partial charge in [-0.05, 0) is 36.5 Å². The van der Waals surface area contributed by atoms with Crippen LogP contribution in [-0.2, 0) is 4.43 Å². The van der Waals surface area contributed by atoms with Gasteiger partial charge in [-0.2, -0.15) is 0 Å². The Morgan fingerprint density at radius 1 is 1.30 bits per heavy atom. The van der Waals surface area contributed by atoms with Gasteiger partial charge in [0.25, 0.3) is 0 Å². The van der Waals surface area contributed by atoms with Crippen molar-refractivity contribution in [1.82, 2.24) is 0 Å². The zero-order valence-corrected chi connectivity index (χ0v) is 16.6. The number of methoxy groups -OCH3 is 1. The number of hydrogen-bond donors (Lipinski definition) is 1. The zero-order valence-electron chi connectivity index (χ0n) is 15.6. The SMILES string of the molecule is C=CC[C@@H](C)[C@@H](O[Si](C)(C)C(C)(C)C)c1cccc(O)c1OC. The van der Waals surface area contributed by atoms with Crippen molar-refractivity contribution >= 4 is 8.32 Å². The van der Waals surface area contributed by atoms with Crippen molar-refractivity contribution in [3.05, 3.63) is 36.4 Å². The van der Waals surface area contributed by atoms with E-state index in [0.29, 0.717) is 5.75 Å². The fraction of sp³-hybridized carbons (Fsp3) is 0.579. The highest BCUT2D eigenvalue weighted by Crippen LogP contribution is 2.45. The maximum absolute atomic E-state index is 10.1. The average Bonchev–Trinajstić information content (AvgIpc) is 2.43. The van der Waals surface area contributed by atoms with E-state index >= 15 is 0 Å². The smallest absolute Gasteiger partial charge is 0.192 e. The summed E-state index contributed by atoms with van der Waals surface area (Å²) in [6, 6.07) is 5.47. The summed E-state index contributed by atoms with van der Waals surface area (Å²) in [6.07, 6.45) is 2.64. The number of para-hydroxylation sites is 1. The number of aromatic hydroxyl groups is 1. The Morgan fingerprint density at radius 2 is 1.91 bits per heavy atom. The third-order valence-electron chi connectivity index (χ3n) is 4.82. The Kier molecular flexibility index (Phi) is 6.48. The standard InChI is InChI=1S/C19H32O3Si/c1-9-11-14(2)17(22-23(7,8)19(3,4)5)15-12-10-13-16(20)18(15)21-6/h9-10,12-14,17,20H,1,11H2,2-8H3/t14-,17-/m1/s1. The second-order valence-electron chi connectivity index (χ2n) is 7.70. The van der Waals surface area contributed by atoms with Gasteiger partial charge in [-0.25, -0.2) is 0 Å². The highest BCUT2D eigenvalue weighted by atomic mass is 28.4. The number of ether oxygens (including phenoxy) is 1. The molecule has 0 spiro atoms. The van der Waals surface area contributed by atoms with Gasteiger partial charge < -0.3 is 14.3 Å². The molecule has 0 radical (unpaired) electrons. The molecule has 23 heavy (non-hydrogen) atoms. The van der Waals surface area contributed by atoms with Crippen LogP contribution in [0, 0.1) is 5.92 Å². The van der Waals surface area contributed by atoms with E-state index in [2.05, 4.69) is 47.4 Å². The fourth-order valence-electron chi connectivity index (χ4n) is 2.36. The number of allylic oxidation sites excluding steroid dienone is 1. The third kappa shape index (κ3) is 4.61. The molecule has 0 aliphatic carbocycles. The highest BCUT2D eigenvalue weighted by molar-refractivity contribution is 6.74. The summed E-state index contributed by atoms with van der Waals surface area (Å²) in [6.45, 7) is 17.2. The molecule has 3 nitrogen and oxygen atoms in total. The normalized spacial score (nSPS) is 15.1. The molecule has 0 saturated heterocycles. The summed E-state index contributed by atoms with van der Waals surface area (Å²) in [5, 5.41) is 10.2. The molecule has 0 bridgehead atoms. The largest absolute Gasteiger partial charge is 0.504 e. The van der Waals surface area contributed by atoms with Crippen LogP contribution in [0.1, 0.15) is 45.8 Å². The molecular weight excluding hydrogens is 304 g/mol. The topological polar surface area (TPSA) is 38.7 Å². The summed E-state index contributed by atoms with van der Waals surface area (Å²) >= 11 is 0. The highest BCUT2D eigenvalue weighted by Gasteiger charge is 2.41. The second kappa shape index (κ2) is 7.54. The van der Waals surface area contributed by atoms with Crippen molar-refractivity contribution < 1.29 is 14.3 Å². The minimum Gasteiger partial charge on any atom is -0.504 e. The maximum atomic E-state index is 10.1. The number of hydrogen-bond acceptors (Lipinski definition) is 3. The van der Waals surface area contributed by atoms with Crippen LogP contribution >= 0.6 is 0 Å². The van der Waals surface area contributed by atoms with Gasteiger partial charge in [0.05, 0.1) is 13.2 Å². The predicted molar refractivity (Wildman–Crippen MR) is 99.7 cm³/mol. The summed E-state index contributed by atoms with van der Waals surface area (Å²) in [7, 11) is -0.384. The Hall–Kier alpha value is -1.26. The number of benzene rings is 1. The molecule has 0 heterocycles. The van der Waals surface area contributed by atoms with Gasteiger partial charge in [-0.15, -0.1) is 6.58 Å². The fourth-order valence-corrected chi connectivity index (χ4v) is 3.70. The van der Waals surface area contributed by atoms with E-state index in [9.17, 15) is 5.11 Å². The quantitative estimate of drug-likeness (QED) is 0.514. The summed E-state index contributed by atoms with van der Waals surface area (Å²) in [4.78, 5) is 0. The Labute approximate surface area is 142 Å². The molecule has 1 aromatic rings. The lowest BCUT2D eigenvalue weighted by Gasteiger charge is -2.41. The third-order valence-corrected chi connectivity index (χ3v) is 9.27. The van der Waals surface area contributed by atoms with Crippen molar-refractivity contribution in [2.45, 2.75) is 58.4 Å². The molecule has 130 valence electrons. The molecular formula is C19H32O3Si. The monoisotopic (exact) mass is 336 g/mol. The molecule has 2 atom stereocenters. The predicted octanol–water partition coefficient (Wildman–Crippen LogP) is 5.68. The van der Waals surface area contributed by atoms with E-state index in [1.165, 1.54) is 0 Å². The lowest BCUT2D eigenvalue weighted by atomic mass is 9.94. The molecule has 1 aromatic carbocycles. The van der Waals surface area contributed by atoms with Crippen molar-refractivity contribution in [2.75, 3.05) is 7.11 Å². The molecule has 1 rings (SSSR count). The van der Waals surface area contributed by atoms with Crippen molar-refractivity contribution in [3.8, 4) is 11.5 Å². The average molecular weight is 337 g/mol. The zero-order chi connectivity index (χ0) is 17.8. The molecule has 4 heteroatoms. The van der Waals surface area contributed by atoms with E-state index in [0.717, 1.165) is 12.0 Å². The number of rotatable bonds is 7. The van der Waals surface area contributed by atoms with Crippen LogP contribution in [0.25, 0.3) is 0 Å². The number of phenols is 1. The lowest BCUT2D eigenvalue weighted by Crippen LogP contribution is -2.42. The first-order valence-electron chi connectivity index (χ1n) is 8.19. The molecule has 0 saturated carbocycles. The van der Waals surface area contributed by atoms with Crippen molar-refractivity contribution in [2.24, 2.45) is 5.92 Å². The van der Waals surface area contributed by atoms with Crippen molar-refractivity contribution in [3.63, 3.8) is 0 Å². The molecule has 0 aliphatic heterocycles. The molecule has 0 aliphatic rings. The number of phenolic OH excluding ortho intramolecular Hbond substituents is 1. The van der Waals surface area contributed by atoms with Gasteiger partial charge in [0.1, 0.15) is 0 Å². The van der Waals surface area contributed by atoms with Gasteiger partial charge >= 0.3 is 0 Å². The van der Waals surface area contributed by atoms with Gasteiger partial charge in [-0.3, -0.25) is 0 Å². The minimum absolute atomic E-state index is 0.114. The van der Waals surface area contributed by atoms with Gasteiger partial charge in [0, 0.05) is 5.56 Å². The van der Waals surface area contributed by atoms with Gasteiger partial charge in [0.2, 0.25) is 0 Å². The lowest BCUT2D eigenvalue weighted by molar-refractivity contribution is 0.124. The van der Waals surface area contributed by atoms with Crippen LogP contribution in [0.5, 0.6) is 11.5 Å². The van der Waals surface area contributed by atoms with E-state index in [1.807, 2.05) is 18.2 Å². The van der Waals surface area contributed by atoms with Crippen LogP contribution in [0.2, 0.25) is 18.1 Å². The van der Waals surface area contributed by atoms with Gasteiger partial charge in [0.15, 0.2) is 19.8 Å². The molecule has 0 amide bonds. The molecule has 1 N–H and O–H groups in total. The van der Waals surface area contributed by atoms with Gasteiger partial charge in [-0.1, -0.05) is 45.9 Å². The van der Waals surface area contributed by atoms with Crippen LogP contribution in [0.4, 0.5) is 0 Å². The summed E-state index contributed by atoms with van der Waals surface area (Å²) < 4.78 is 12.1. The maximum Gasteiger partial charge on any atom is 0.192 e. The first kappa shape index (κ1) is 19.8. The van der Waals surface area contributed by atoms with Crippen LogP contribution in [0.15, 0.2) is 30.9 Å². The van der Waals surface area contributed by atoms with Crippen LogP contribution < -0.4 is 4.74 Å². The van der Waals surface area contributed by atoms with E-state index in [4.69, 9.17) is 9.16 Å². The first-order chi connectivity index (χ1) is 10.5. The summed E-state index contributed by atoms with van der Waals surface area (Å²) in [5.74, 6) is 0.907. The Morgan fingerprint density at radius 3 is 2.39 bits per heavy atom.